The summed E-state index contributed by atoms with van der Waals surface area (Å²) in [5.74, 6) is 7.30. The van der Waals surface area contributed by atoms with Crippen LogP contribution in [-0.4, -0.2) is 135 Å². The average Bonchev–Trinajstić information content (AvgIpc) is 1.58. The number of nitrogens with zero attached hydrogens (tertiary/aromatic N) is 17. The second kappa shape index (κ2) is 30.7. The monoisotopic (exact) mass is 1630 g/mol. The minimum absolute atomic E-state index is 0.264. The molecule has 4 fully saturated rings. The van der Waals surface area contributed by atoms with Gasteiger partial charge in [0.05, 0.1) is 63.2 Å². The van der Waals surface area contributed by atoms with Gasteiger partial charge in [0.15, 0.2) is 0 Å². The molecule has 594 valence electrons. The molecule has 0 N–H and O–H groups in total. The molecule has 22 rings (SSSR count). The lowest BCUT2D eigenvalue weighted by Crippen LogP contribution is -2.39. The number of imidazole rings is 4. The molecular formula is C93H100BrN17O4S. The normalized spacial score (nSPS) is 22.3. The number of aryl methyl sites for hydroxylation is 4. The number of carbonyl (C=O) groups excluding carboxylic acids is 1. The van der Waals surface area contributed by atoms with E-state index in [1.807, 2.05) is 109 Å². The van der Waals surface area contributed by atoms with Gasteiger partial charge in [0.25, 0.3) is 0 Å². The molecular weight excluding hydrogens is 1530 g/mol. The molecule has 6 aliphatic heterocycles. The summed E-state index contributed by atoms with van der Waals surface area (Å²) in [6, 6.07) is 39.8. The molecule has 23 heteroatoms. The van der Waals surface area contributed by atoms with Crippen molar-refractivity contribution in [2.24, 2.45) is 0 Å². The van der Waals surface area contributed by atoms with Crippen LogP contribution in [0.1, 0.15) is 247 Å². The van der Waals surface area contributed by atoms with E-state index in [-0.39, 0.29) is 6.09 Å². The van der Waals surface area contributed by atoms with Crippen molar-refractivity contribution < 1.29 is 17.9 Å². The number of fused-ring (bicyclic) bond motifs is 20. The van der Waals surface area contributed by atoms with Crippen molar-refractivity contribution in [3.8, 4) is 79.3 Å². The van der Waals surface area contributed by atoms with Crippen LogP contribution < -0.4 is 0 Å². The summed E-state index contributed by atoms with van der Waals surface area (Å²) in [7, 11) is -3.18. The van der Waals surface area contributed by atoms with E-state index in [2.05, 4.69) is 130 Å². The predicted octanol–water partition coefficient (Wildman–Crippen LogP) is 20.3. The Morgan fingerprint density at radius 2 is 0.802 bits per heavy atom. The standard InChI is InChI=1S/C29H33N5O2.C25H27N5O2S.C25H26N4.C14H14BrN3/c1-18-6-5-7-23(31-18)25-26(34-22-9-8-21(16-22)27(34)32-25)20-10-13-30-24(17-20)19-11-14-33(15-12-19)28(35)36-29(2,3)4;1-16-4-3-5-21(27-16)23-24(30-20-7-6-19(14-20)25(30)28-23)18-8-11-26-22(15-18)17-9-12-29(13-10-17)33(2,31)32;1-16-6-5-9-21(27-16)23-24(29-20-11-10-19(14-20)25(29)28-23)18-12-13-26-22(15-18)17-7-3-2-4-8-17;1-8-3-2-4-11(16-8)12-13(15)18-10-6-5-9(7-10)14(18)17-12/h5-7,10-11,13,17,21-22H,8-9,12,14-16H2,1-4H3;3-5,8-9,11,15,19-20H,6-7,10,12-14H2,1-2H3;5-7,9,12-13,15,19-20H,2-4,8,10-11,14H2,1H3;2-4,9-10H,5-7H2,1H3. The van der Waals surface area contributed by atoms with E-state index in [0.717, 1.165) is 137 Å². The zero-order valence-electron chi connectivity index (χ0n) is 67.6. The Morgan fingerprint density at radius 3 is 1.15 bits per heavy atom. The van der Waals surface area contributed by atoms with Crippen molar-refractivity contribution in [3.63, 3.8) is 0 Å². The highest BCUT2D eigenvalue weighted by atomic mass is 79.9. The van der Waals surface area contributed by atoms with Crippen LogP contribution in [0.15, 0.2) is 151 Å². The van der Waals surface area contributed by atoms with Crippen LogP contribution in [0.25, 0.3) is 96.0 Å². The summed E-state index contributed by atoms with van der Waals surface area (Å²) in [5.41, 5.74) is 24.9. The summed E-state index contributed by atoms with van der Waals surface area (Å²) in [5, 5.41) is 0. The number of hydrogen-bond acceptors (Lipinski definition) is 15. The Morgan fingerprint density at radius 1 is 0.431 bits per heavy atom. The van der Waals surface area contributed by atoms with Crippen molar-refractivity contribution in [3.05, 3.63) is 214 Å². The Labute approximate surface area is 687 Å². The lowest BCUT2D eigenvalue weighted by molar-refractivity contribution is 0.0270. The van der Waals surface area contributed by atoms with Crippen molar-refractivity contribution in [1.82, 2.24) is 82.3 Å². The molecule has 21 nitrogen and oxygen atoms in total. The molecule has 11 aliphatic rings. The van der Waals surface area contributed by atoms with Crippen LogP contribution in [0.4, 0.5) is 4.79 Å². The fourth-order valence-corrected chi connectivity index (χ4v) is 21.8. The van der Waals surface area contributed by atoms with E-state index >= 15 is 0 Å². The second-order valence-electron chi connectivity index (χ2n) is 34.7. The number of allylic oxidation sites excluding steroid dienone is 2. The highest BCUT2D eigenvalue weighted by molar-refractivity contribution is 9.10. The van der Waals surface area contributed by atoms with Gasteiger partial charge in [0.1, 0.15) is 56.3 Å². The first-order chi connectivity index (χ1) is 56.2. The molecule has 17 heterocycles. The number of halogens is 1. The molecule has 1 amide bonds. The molecule has 116 heavy (non-hydrogen) atoms. The van der Waals surface area contributed by atoms with Gasteiger partial charge < -0.3 is 27.9 Å². The third-order valence-corrected chi connectivity index (χ3v) is 27.7. The van der Waals surface area contributed by atoms with Crippen LogP contribution in [0.5, 0.6) is 0 Å². The first kappa shape index (κ1) is 75.8. The Balaban J connectivity index is 0.000000106. The molecule has 5 aliphatic carbocycles. The molecule has 0 radical (unpaired) electrons. The number of aromatic nitrogens is 15. The van der Waals surface area contributed by atoms with Crippen LogP contribution in [0.3, 0.4) is 0 Å². The number of pyridine rings is 7. The van der Waals surface area contributed by atoms with Gasteiger partial charge in [-0.05, 0) is 282 Å². The van der Waals surface area contributed by atoms with Gasteiger partial charge in [0.2, 0.25) is 10.0 Å². The average molecular weight is 1630 g/mol. The van der Waals surface area contributed by atoms with Gasteiger partial charge in [-0.2, -0.15) is 4.31 Å². The smallest absolute Gasteiger partial charge is 0.410 e. The molecule has 0 aromatic carbocycles. The third kappa shape index (κ3) is 14.5. The molecule has 8 unspecified atom stereocenters. The van der Waals surface area contributed by atoms with E-state index in [4.69, 9.17) is 49.6 Å². The largest absolute Gasteiger partial charge is 0.444 e. The van der Waals surface area contributed by atoms with Crippen molar-refractivity contribution >= 4 is 48.8 Å². The van der Waals surface area contributed by atoms with E-state index in [0.29, 0.717) is 80.4 Å². The maximum Gasteiger partial charge on any atom is 0.410 e. The minimum atomic E-state index is -3.18. The third-order valence-electron chi connectivity index (χ3n) is 25.6. The number of ether oxygens (including phenoxy) is 1. The van der Waals surface area contributed by atoms with E-state index in [1.165, 1.54) is 147 Å². The SMILES string of the molecule is Cc1cccc(-c2nc3n(c2-c2ccnc(C4=CCCCC4)c2)C2CCC3C2)n1.Cc1cccc(-c2nc3n(c2-c2ccnc(C4=CCN(C(=O)OC(C)(C)C)CC4)c2)C2CCC3C2)n1.Cc1cccc(-c2nc3n(c2-c2ccnc(C4=CCN(S(C)(=O)=O)CC4)c2)C2CCC3C2)n1.Cc1cccc(-c2nc3n(c2Br)C2CCC3C2)n1. The first-order valence-electron chi connectivity index (χ1n) is 42.0. The van der Waals surface area contributed by atoms with E-state index < -0.39 is 15.6 Å². The lowest BCUT2D eigenvalue weighted by Gasteiger charge is -2.29. The Hall–Kier alpha value is -10.2. The molecule has 11 aromatic rings. The highest BCUT2D eigenvalue weighted by Crippen LogP contribution is 2.57. The minimum Gasteiger partial charge on any atom is -0.444 e. The molecule has 8 atom stereocenters. The van der Waals surface area contributed by atoms with Gasteiger partial charge in [-0.15, -0.1) is 0 Å². The van der Waals surface area contributed by atoms with Crippen LogP contribution >= 0.6 is 15.9 Å². The number of amides is 1. The maximum absolute atomic E-state index is 12.5. The summed E-state index contributed by atoms with van der Waals surface area (Å²) in [6.45, 7) is 15.8. The summed E-state index contributed by atoms with van der Waals surface area (Å²) in [4.78, 5) is 67.6. The lowest BCUT2D eigenvalue weighted by atomic mass is 9.95. The number of hydrogen-bond donors (Lipinski definition) is 0. The first-order valence-corrected chi connectivity index (χ1v) is 44.6. The van der Waals surface area contributed by atoms with Crippen molar-refractivity contribution in [2.75, 3.05) is 32.4 Å². The Bertz CT molecular complexity index is 5920. The highest BCUT2D eigenvalue weighted by Gasteiger charge is 2.46. The number of rotatable bonds is 11. The fraction of sp³-hybridized carbons (Fsp3) is 0.419. The molecule has 11 aromatic heterocycles. The maximum atomic E-state index is 12.5. The van der Waals surface area contributed by atoms with E-state index in [9.17, 15) is 13.2 Å². The van der Waals surface area contributed by atoms with Crippen LogP contribution in [0, 0.1) is 27.7 Å². The van der Waals surface area contributed by atoms with Crippen molar-refractivity contribution in [1.29, 1.82) is 0 Å². The van der Waals surface area contributed by atoms with Crippen LogP contribution in [0.2, 0.25) is 0 Å². The zero-order valence-corrected chi connectivity index (χ0v) is 70.0. The number of carbonyl (C=O) groups is 1. The predicted molar refractivity (Wildman–Crippen MR) is 457 cm³/mol. The summed E-state index contributed by atoms with van der Waals surface area (Å²) in [6.07, 6.45) is 34.4. The molecule has 0 saturated heterocycles. The van der Waals surface area contributed by atoms with Crippen molar-refractivity contribution in [2.45, 2.75) is 217 Å². The topological polar surface area (TPSA) is 228 Å². The molecule has 8 bridgehead atoms. The number of sulfonamides is 1. The molecule has 4 saturated carbocycles. The quantitative estimate of drug-likeness (QED) is 0.117. The van der Waals surface area contributed by atoms with Gasteiger partial charge in [0, 0.05) is 132 Å². The van der Waals surface area contributed by atoms with Gasteiger partial charge in [-0.25, -0.2) is 33.1 Å². The second-order valence-corrected chi connectivity index (χ2v) is 37.4. The van der Waals surface area contributed by atoms with Gasteiger partial charge >= 0.3 is 6.09 Å². The fourth-order valence-electron chi connectivity index (χ4n) is 20.2. The Kier molecular flexibility index (Phi) is 20.0. The van der Waals surface area contributed by atoms with Gasteiger partial charge in [-0.3, -0.25) is 34.9 Å². The summed E-state index contributed by atoms with van der Waals surface area (Å²) < 4.78 is 41.7. The summed E-state index contributed by atoms with van der Waals surface area (Å²) >= 11 is 3.73. The zero-order chi connectivity index (χ0) is 79.4. The van der Waals surface area contributed by atoms with Crippen LogP contribution in [-0.2, 0) is 14.8 Å². The van der Waals surface area contributed by atoms with E-state index in [1.54, 1.807) is 4.90 Å². The molecule has 0 spiro atoms. The van der Waals surface area contributed by atoms with Gasteiger partial charge in [-0.1, -0.05) is 42.5 Å².